The van der Waals surface area contributed by atoms with Gasteiger partial charge in [-0.1, -0.05) is 60.3 Å². The van der Waals surface area contributed by atoms with Gasteiger partial charge in [0.05, 0.1) is 23.6 Å². The molecule has 0 unspecified atom stereocenters. The van der Waals surface area contributed by atoms with Gasteiger partial charge in [-0.2, -0.15) is 0 Å². The monoisotopic (exact) mass is 379 g/mol. The molecule has 2 aromatic carbocycles. The van der Waals surface area contributed by atoms with Crippen LogP contribution in [-0.2, 0) is 9.53 Å². The number of ether oxygens (including phenoxy) is 1. The number of hydrogen-bond acceptors (Lipinski definition) is 5. The number of nitrogens with one attached hydrogen (secondary N) is 1. The number of nitrogens with zero attached hydrogens (tertiary/aromatic N) is 2. The molecule has 138 valence electrons. The lowest BCUT2D eigenvalue weighted by molar-refractivity contribution is -0.118. The molecule has 0 aliphatic carbocycles. The van der Waals surface area contributed by atoms with E-state index in [0.717, 1.165) is 41.8 Å². The topological polar surface area (TPSA) is 64.1 Å². The first-order valence-corrected chi connectivity index (χ1v) is 10.1. The molecule has 0 radical (unpaired) electrons. The molecule has 2 heterocycles. The van der Waals surface area contributed by atoms with E-state index < -0.39 is 0 Å². The number of fused-ring (bicyclic) bond motifs is 1. The number of carbonyl (C=O) groups is 1. The van der Waals surface area contributed by atoms with E-state index in [2.05, 4.69) is 10.3 Å². The van der Waals surface area contributed by atoms with E-state index in [-0.39, 0.29) is 5.91 Å². The van der Waals surface area contributed by atoms with Gasteiger partial charge < -0.3 is 10.1 Å². The molecular formula is C21H21N3O2S. The fourth-order valence-electron chi connectivity index (χ4n) is 3.12. The van der Waals surface area contributed by atoms with Crippen LogP contribution in [0, 0.1) is 5.92 Å². The predicted octanol–water partition coefficient (Wildman–Crippen LogP) is 3.54. The van der Waals surface area contributed by atoms with Gasteiger partial charge in [0.2, 0.25) is 5.91 Å². The van der Waals surface area contributed by atoms with Crippen molar-refractivity contribution in [3.05, 3.63) is 54.6 Å². The van der Waals surface area contributed by atoms with Crippen molar-refractivity contribution in [3.8, 4) is 11.3 Å². The van der Waals surface area contributed by atoms with Crippen molar-refractivity contribution in [3.63, 3.8) is 0 Å². The summed E-state index contributed by atoms with van der Waals surface area (Å²) >= 11 is 1.37. The van der Waals surface area contributed by atoms with E-state index in [4.69, 9.17) is 9.72 Å². The smallest absolute Gasteiger partial charge is 0.230 e. The minimum Gasteiger partial charge on any atom is -0.381 e. The van der Waals surface area contributed by atoms with Gasteiger partial charge in [0.1, 0.15) is 0 Å². The fourth-order valence-corrected chi connectivity index (χ4v) is 3.80. The summed E-state index contributed by atoms with van der Waals surface area (Å²) in [4.78, 5) is 21.5. The lowest BCUT2D eigenvalue weighted by atomic mass is 10.1. The molecule has 0 bridgehead atoms. The maximum atomic E-state index is 12.2. The maximum Gasteiger partial charge on any atom is 0.230 e. The Balaban J connectivity index is 1.49. The molecule has 0 spiro atoms. The minimum absolute atomic E-state index is 0.00456. The first-order chi connectivity index (χ1) is 13.3. The molecule has 27 heavy (non-hydrogen) atoms. The molecule has 1 saturated heterocycles. The number of thioether (sulfide) groups is 1. The Hall–Kier alpha value is -2.44. The summed E-state index contributed by atoms with van der Waals surface area (Å²) in [6, 6.07) is 18.0. The molecule has 5 nitrogen and oxygen atoms in total. The number of rotatable bonds is 6. The predicted molar refractivity (Wildman–Crippen MR) is 108 cm³/mol. The molecule has 0 saturated carbocycles. The molecule has 1 atom stereocenters. The van der Waals surface area contributed by atoms with E-state index in [1.807, 2.05) is 54.6 Å². The van der Waals surface area contributed by atoms with Crippen molar-refractivity contribution in [2.45, 2.75) is 11.6 Å². The molecule has 3 aromatic rings. The molecule has 1 aliphatic rings. The highest BCUT2D eigenvalue weighted by Crippen LogP contribution is 2.28. The number of amides is 1. The number of hydrogen-bond donors (Lipinski definition) is 1. The van der Waals surface area contributed by atoms with Crippen LogP contribution in [0.3, 0.4) is 0 Å². The van der Waals surface area contributed by atoms with Crippen molar-refractivity contribution < 1.29 is 9.53 Å². The zero-order valence-electron chi connectivity index (χ0n) is 14.9. The minimum atomic E-state index is 0.00456. The van der Waals surface area contributed by atoms with Crippen molar-refractivity contribution in [2.75, 3.05) is 25.5 Å². The van der Waals surface area contributed by atoms with Gasteiger partial charge >= 0.3 is 0 Å². The fraction of sp³-hybridized carbons (Fsp3) is 0.286. The van der Waals surface area contributed by atoms with Crippen molar-refractivity contribution in [1.29, 1.82) is 0 Å². The van der Waals surface area contributed by atoms with Gasteiger partial charge in [-0.15, -0.1) is 0 Å². The molecule has 1 fully saturated rings. The summed E-state index contributed by atoms with van der Waals surface area (Å²) in [5.74, 6) is 0.741. The molecule has 1 N–H and O–H groups in total. The van der Waals surface area contributed by atoms with Crippen LogP contribution in [0.1, 0.15) is 6.42 Å². The molecule has 1 aromatic heterocycles. The van der Waals surface area contributed by atoms with Gasteiger partial charge in [-0.25, -0.2) is 9.97 Å². The Kier molecular flexibility index (Phi) is 5.65. The Bertz CT molecular complexity index is 927. The first-order valence-electron chi connectivity index (χ1n) is 9.09. The van der Waals surface area contributed by atoms with Gasteiger partial charge in [0.25, 0.3) is 0 Å². The highest BCUT2D eigenvalue weighted by molar-refractivity contribution is 7.99. The van der Waals surface area contributed by atoms with Gasteiger partial charge in [-0.3, -0.25) is 4.79 Å². The SMILES string of the molecule is O=C(CSc1nc(-c2ccccc2)c2ccccc2n1)NC[C@H]1CCOC1. The second-order valence-electron chi connectivity index (χ2n) is 6.56. The van der Waals surface area contributed by atoms with E-state index in [0.29, 0.717) is 23.4 Å². The standard InChI is InChI=1S/C21H21N3O2S/c25-19(22-12-15-10-11-26-13-15)14-27-21-23-18-9-5-4-8-17(18)20(24-21)16-6-2-1-3-7-16/h1-9,15H,10-14H2,(H,22,25)/t15-/m1/s1. The largest absolute Gasteiger partial charge is 0.381 e. The van der Waals surface area contributed by atoms with Crippen LogP contribution in [0.25, 0.3) is 22.2 Å². The van der Waals surface area contributed by atoms with E-state index >= 15 is 0 Å². The Labute approximate surface area is 162 Å². The van der Waals surface area contributed by atoms with Crippen LogP contribution in [-0.4, -0.2) is 41.4 Å². The summed E-state index contributed by atoms with van der Waals surface area (Å²) in [5, 5.41) is 4.61. The molecule has 1 amide bonds. The third-order valence-corrected chi connectivity index (χ3v) is 5.42. The third-order valence-electron chi connectivity index (χ3n) is 4.57. The lowest BCUT2D eigenvalue weighted by Gasteiger charge is -2.10. The van der Waals surface area contributed by atoms with Crippen LogP contribution in [0.4, 0.5) is 0 Å². The normalized spacial score (nSPS) is 16.5. The van der Waals surface area contributed by atoms with Crippen LogP contribution in [0.2, 0.25) is 0 Å². The average molecular weight is 379 g/mol. The molecule has 4 rings (SSSR count). The molecular weight excluding hydrogens is 358 g/mol. The Morgan fingerprint density at radius 1 is 1.11 bits per heavy atom. The first kappa shape index (κ1) is 17.9. The zero-order chi connectivity index (χ0) is 18.5. The van der Waals surface area contributed by atoms with Crippen molar-refractivity contribution in [2.24, 2.45) is 5.92 Å². The van der Waals surface area contributed by atoms with Crippen molar-refractivity contribution in [1.82, 2.24) is 15.3 Å². The number of aromatic nitrogens is 2. The third kappa shape index (κ3) is 4.46. The van der Waals surface area contributed by atoms with Gasteiger partial charge in [-0.05, 0) is 12.5 Å². The lowest BCUT2D eigenvalue weighted by Crippen LogP contribution is -2.30. The Morgan fingerprint density at radius 2 is 1.93 bits per heavy atom. The summed E-state index contributed by atoms with van der Waals surface area (Å²) in [5.41, 5.74) is 2.83. The summed E-state index contributed by atoms with van der Waals surface area (Å²) in [7, 11) is 0. The maximum absolute atomic E-state index is 12.2. The van der Waals surface area contributed by atoms with Crippen LogP contribution in [0.15, 0.2) is 59.8 Å². The summed E-state index contributed by atoms with van der Waals surface area (Å²) in [6.07, 6.45) is 1.02. The second-order valence-corrected chi connectivity index (χ2v) is 7.50. The summed E-state index contributed by atoms with van der Waals surface area (Å²) in [6.45, 7) is 2.21. The number of para-hydroxylation sites is 1. The van der Waals surface area contributed by atoms with Crippen LogP contribution in [0.5, 0.6) is 0 Å². The number of carbonyl (C=O) groups excluding carboxylic acids is 1. The van der Waals surface area contributed by atoms with Gasteiger partial charge in [0, 0.05) is 30.0 Å². The average Bonchev–Trinajstić information content (AvgIpc) is 3.24. The Morgan fingerprint density at radius 3 is 2.74 bits per heavy atom. The van der Waals surface area contributed by atoms with Crippen LogP contribution < -0.4 is 5.32 Å². The van der Waals surface area contributed by atoms with E-state index in [1.165, 1.54) is 11.8 Å². The molecule has 6 heteroatoms. The van der Waals surface area contributed by atoms with Gasteiger partial charge in [0.15, 0.2) is 5.16 Å². The highest BCUT2D eigenvalue weighted by atomic mass is 32.2. The summed E-state index contributed by atoms with van der Waals surface area (Å²) < 4.78 is 5.34. The molecule has 1 aliphatic heterocycles. The zero-order valence-corrected chi connectivity index (χ0v) is 15.7. The van der Waals surface area contributed by atoms with E-state index in [9.17, 15) is 4.79 Å². The highest BCUT2D eigenvalue weighted by Gasteiger charge is 2.17. The van der Waals surface area contributed by atoms with Crippen LogP contribution >= 0.6 is 11.8 Å². The number of benzene rings is 2. The second kappa shape index (κ2) is 8.50. The quantitative estimate of drug-likeness (QED) is 0.524. The van der Waals surface area contributed by atoms with E-state index in [1.54, 1.807) is 0 Å². The van der Waals surface area contributed by atoms with Crippen molar-refractivity contribution >= 4 is 28.6 Å².